The lowest BCUT2D eigenvalue weighted by molar-refractivity contribution is 0.531. The first-order valence-corrected chi connectivity index (χ1v) is 4.79. The molecule has 1 fully saturated rings. The van der Waals surface area contributed by atoms with Crippen molar-refractivity contribution < 1.29 is 0 Å². The van der Waals surface area contributed by atoms with Crippen molar-refractivity contribution in [1.82, 2.24) is 9.78 Å². The molecule has 1 aliphatic carbocycles. The van der Waals surface area contributed by atoms with E-state index in [-0.39, 0.29) is 5.56 Å². The van der Waals surface area contributed by atoms with Crippen molar-refractivity contribution in [2.75, 3.05) is 0 Å². The molecule has 2 rings (SSSR count). The molecule has 1 aliphatic rings. The summed E-state index contributed by atoms with van der Waals surface area (Å²) >= 11 is 5.76. The van der Waals surface area contributed by atoms with Gasteiger partial charge in [0, 0.05) is 12.1 Å². The fraction of sp³-hybridized carbons (Fsp3) is 0.556. The first-order valence-electron chi connectivity index (χ1n) is 4.41. The van der Waals surface area contributed by atoms with Crippen molar-refractivity contribution in [3.05, 3.63) is 27.1 Å². The molecule has 0 aliphatic heterocycles. The third-order valence-electron chi connectivity index (χ3n) is 2.25. The summed E-state index contributed by atoms with van der Waals surface area (Å²) in [6.45, 7) is 2.49. The lowest BCUT2D eigenvalue weighted by Crippen LogP contribution is -2.25. The van der Waals surface area contributed by atoms with Gasteiger partial charge < -0.3 is 0 Å². The van der Waals surface area contributed by atoms with Gasteiger partial charge in [0.15, 0.2) is 0 Å². The maximum absolute atomic E-state index is 11.5. The molecule has 1 heterocycles. The van der Waals surface area contributed by atoms with Crippen LogP contribution in [0.15, 0.2) is 10.9 Å². The lowest BCUT2D eigenvalue weighted by atomic mass is 10.3. The number of rotatable bonds is 2. The van der Waals surface area contributed by atoms with Gasteiger partial charge in [-0.25, -0.2) is 4.68 Å². The predicted octanol–water partition coefficient (Wildman–Crippen LogP) is 1.62. The van der Waals surface area contributed by atoms with Gasteiger partial charge in [0.05, 0.1) is 0 Å². The summed E-state index contributed by atoms with van der Waals surface area (Å²) in [5, 5.41) is 4.38. The highest BCUT2D eigenvalue weighted by molar-refractivity contribution is 6.29. The zero-order chi connectivity index (χ0) is 9.42. The maximum atomic E-state index is 11.5. The molecule has 0 N–H and O–H groups in total. The molecule has 0 bridgehead atoms. The summed E-state index contributed by atoms with van der Waals surface area (Å²) in [7, 11) is 0. The quantitative estimate of drug-likeness (QED) is 0.724. The SMILES string of the molecule is Cc1cc(Cl)nn(CC2CC2)c1=O. The molecule has 0 amide bonds. The van der Waals surface area contributed by atoms with E-state index in [1.807, 2.05) is 0 Å². The van der Waals surface area contributed by atoms with E-state index in [1.165, 1.54) is 17.5 Å². The summed E-state index contributed by atoms with van der Waals surface area (Å²) in [6, 6.07) is 1.60. The normalized spacial score (nSPS) is 16.2. The highest BCUT2D eigenvalue weighted by Crippen LogP contribution is 2.29. The van der Waals surface area contributed by atoms with Gasteiger partial charge in [0.1, 0.15) is 5.15 Å². The van der Waals surface area contributed by atoms with Gasteiger partial charge in [-0.15, -0.1) is 0 Å². The van der Waals surface area contributed by atoms with Crippen LogP contribution in [0.4, 0.5) is 0 Å². The number of halogens is 1. The highest BCUT2D eigenvalue weighted by Gasteiger charge is 2.22. The predicted molar refractivity (Wildman–Crippen MR) is 51.0 cm³/mol. The van der Waals surface area contributed by atoms with Crippen LogP contribution in [0.2, 0.25) is 5.15 Å². The summed E-state index contributed by atoms with van der Waals surface area (Å²) in [4.78, 5) is 11.5. The zero-order valence-electron chi connectivity index (χ0n) is 7.46. The number of nitrogens with zero attached hydrogens (tertiary/aromatic N) is 2. The summed E-state index contributed by atoms with van der Waals surface area (Å²) < 4.78 is 1.48. The van der Waals surface area contributed by atoms with E-state index < -0.39 is 0 Å². The first kappa shape index (κ1) is 8.75. The Morgan fingerprint density at radius 3 is 3.00 bits per heavy atom. The standard InChI is InChI=1S/C9H11ClN2O/c1-6-4-8(10)11-12(9(6)13)5-7-2-3-7/h4,7H,2-3,5H2,1H3. The topological polar surface area (TPSA) is 34.9 Å². The number of hydrogen-bond donors (Lipinski definition) is 0. The molecule has 0 aromatic carbocycles. The van der Waals surface area contributed by atoms with Gasteiger partial charge in [-0.2, -0.15) is 5.10 Å². The highest BCUT2D eigenvalue weighted by atomic mass is 35.5. The van der Waals surface area contributed by atoms with Crippen LogP contribution in [0.1, 0.15) is 18.4 Å². The minimum atomic E-state index is -0.0173. The van der Waals surface area contributed by atoms with Gasteiger partial charge in [0.2, 0.25) is 0 Å². The average molecular weight is 199 g/mol. The Morgan fingerprint density at radius 2 is 2.38 bits per heavy atom. The van der Waals surface area contributed by atoms with E-state index >= 15 is 0 Å². The van der Waals surface area contributed by atoms with E-state index in [1.54, 1.807) is 13.0 Å². The van der Waals surface area contributed by atoms with Crippen LogP contribution in [0, 0.1) is 12.8 Å². The Hall–Kier alpha value is -0.830. The first-order chi connectivity index (χ1) is 6.16. The molecule has 0 saturated heterocycles. The fourth-order valence-electron chi connectivity index (χ4n) is 1.30. The Morgan fingerprint density at radius 1 is 1.69 bits per heavy atom. The second-order valence-corrected chi connectivity index (χ2v) is 3.97. The molecular weight excluding hydrogens is 188 g/mol. The molecule has 1 aromatic rings. The molecular formula is C9H11ClN2O. The lowest BCUT2D eigenvalue weighted by Gasteiger charge is -2.04. The van der Waals surface area contributed by atoms with Crippen LogP contribution in [-0.4, -0.2) is 9.78 Å². The molecule has 4 heteroatoms. The van der Waals surface area contributed by atoms with Gasteiger partial charge in [0.25, 0.3) is 5.56 Å². The molecule has 0 unspecified atom stereocenters. The molecule has 3 nitrogen and oxygen atoms in total. The minimum absolute atomic E-state index is 0.0173. The molecule has 1 saturated carbocycles. The smallest absolute Gasteiger partial charge is 0.268 e. The van der Waals surface area contributed by atoms with Crippen molar-refractivity contribution in [3.63, 3.8) is 0 Å². The Kier molecular flexibility index (Phi) is 2.12. The molecule has 0 spiro atoms. The monoisotopic (exact) mass is 198 g/mol. The Bertz CT molecular complexity index is 382. The second-order valence-electron chi connectivity index (χ2n) is 3.58. The van der Waals surface area contributed by atoms with Crippen LogP contribution in [0.3, 0.4) is 0 Å². The van der Waals surface area contributed by atoms with E-state index in [2.05, 4.69) is 5.10 Å². The zero-order valence-corrected chi connectivity index (χ0v) is 8.21. The van der Waals surface area contributed by atoms with Gasteiger partial charge >= 0.3 is 0 Å². The molecule has 13 heavy (non-hydrogen) atoms. The Balaban J connectivity index is 2.36. The minimum Gasteiger partial charge on any atom is -0.268 e. The van der Waals surface area contributed by atoms with Crippen molar-refractivity contribution in [2.24, 2.45) is 5.92 Å². The van der Waals surface area contributed by atoms with Crippen LogP contribution in [0.25, 0.3) is 0 Å². The number of hydrogen-bond acceptors (Lipinski definition) is 2. The maximum Gasteiger partial charge on any atom is 0.269 e. The van der Waals surface area contributed by atoms with Gasteiger partial charge in [-0.05, 0) is 31.7 Å². The second kappa shape index (κ2) is 3.14. The number of aromatic nitrogens is 2. The van der Waals surface area contributed by atoms with Crippen LogP contribution in [-0.2, 0) is 6.54 Å². The molecule has 0 atom stereocenters. The summed E-state index contributed by atoms with van der Waals surface area (Å²) in [6.07, 6.45) is 2.42. The molecule has 1 aromatic heterocycles. The van der Waals surface area contributed by atoms with Crippen molar-refractivity contribution in [2.45, 2.75) is 26.3 Å². The van der Waals surface area contributed by atoms with Crippen molar-refractivity contribution in [1.29, 1.82) is 0 Å². The third kappa shape index (κ3) is 1.91. The Labute approximate surface area is 81.3 Å². The summed E-state index contributed by atoms with van der Waals surface area (Å²) in [5.41, 5.74) is 0.650. The van der Waals surface area contributed by atoms with Crippen LogP contribution in [0.5, 0.6) is 0 Å². The van der Waals surface area contributed by atoms with E-state index in [4.69, 9.17) is 11.6 Å². The van der Waals surface area contributed by atoms with Gasteiger partial charge in [-0.1, -0.05) is 11.6 Å². The van der Waals surface area contributed by atoms with Crippen molar-refractivity contribution >= 4 is 11.6 Å². The van der Waals surface area contributed by atoms with Gasteiger partial charge in [-0.3, -0.25) is 4.79 Å². The third-order valence-corrected chi connectivity index (χ3v) is 2.44. The van der Waals surface area contributed by atoms with E-state index in [0.29, 0.717) is 16.6 Å². The largest absolute Gasteiger partial charge is 0.269 e. The van der Waals surface area contributed by atoms with E-state index in [0.717, 1.165) is 6.54 Å². The van der Waals surface area contributed by atoms with E-state index in [9.17, 15) is 4.79 Å². The fourth-order valence-corrected chi connectivity index (χ4v) is 1.56. The average Bonchev–Trinajstić information content (AvgIpc) is 2.83. The molecule has 0 radical (unpaired) electrons. The molecule has 70 valence electrons. The number of aryl methyl sites for hydroxylation is 1. The van der Waals surface area contributed by atoms with Crippen LogP contribution >= 0.6 is 11.6 Å². The van der Waals surface area contributed by atoms with Crippen molar-refractivity contribution in [3.8, 4) is 0 Å². The van der Waals surface area contributed by atoms with Crippen LogP contribution < -0.4 is 5.56 Å². The summed E-state index contributed by atoms with van der Waals surface area (Å²) in [5.74, 6) is 0.642.